The molecule has 1 saturated heterocycles. The fourth-order valence-electron chi connectivity index (χ4n) is 2.02. The number of nitrogens with two attached hydrogens (primary N) is 1. The van der Waals surface area contributed by atoms with Gasteiger partial charge >= 0.3 is 16.9 Å². The van der Waals surface area contributed by atoms with Crippen LogP contribution in [0.2, 0.25) is 0 Å². The maximum atomic E-state index is 13.0. The second-order valence-electron chi connectivity index (χ2n) is 4.66. The minimum Gasteiger partial charge on any atom is -0.375 e. The molecule has 11 nitrogen and oxygen atoms in total. The number of nitrogens with one attached hydrogen (secondary N) is 1. The molecule has 2 unspecified atom stereocenters. The lowest BCUT2D eigenvalue weighted by atomic mass is 10.00. The molecular weight excluding hydrogens is 407 g/mol. The fraction of sp³-hybridized carbons (Fsp3) is 0.400. The lowest BCUT2D eigenvalue weighted by Gasteiger charge is -2.42. The minimum absolute atomic E-state index is 0.0311. The number of alkyl halides is 3. The van der Waals surface area contributed by atoms with E-state index in [1.54, 1.807) is 0 Å². The summed E-state index contributed by atoms with van der Waals surface area (Å²) in [6.45, 7) is -4.78. The second-order valence-corrected chi connectivity index (χ2v) is 6.84. The number of amides is 2. The molecule has 2 rings (SSSR count). The number of halogens is 3. The number of aromatic nitrogens is 1. The average Bonchev–Trinajstić information content (AvgIpc) is 2.94. The van der Waals surface area contributed by atoms with Crippen LogP contribution in [0.5, 0.6) is 0 Å². The number of nitrogens with zero attached hydrogens (tertiary/aromatic N) is 3. The zero-order chi connectivity index (χ0) is 19.6. The van der Waals surface area contributed by atoms with Crippen molar-refractivity contribution in [3.05, 3.63) is 11.1 Å². The molecule has 2 amide bonds. The van der Waals surface area contributed by atoms with Gasteiger partial charge in [0.25, 0.3) is 11.8 Å². The largest absolute Gasteiger partial charge is 0.407 e. The van der Waals surface area contributed by atoms with Gasteiger partial charge in [0.05, 0.1) is 0 Å². The average molecular weight is 417 g/mol. The molecule has 0 radical (unpaired) electrons. The van der Waals surface area contributed by atoms with Crippen LogP contribution in [0.15, 0.2) is 10.5 Å². The van der Waals surface area contributed by atoms with Crippen molar-refractivity contribution in [2.24, 2.45) is 5.16 Å². The third kappa shape index (κ3) is 4.02. The third-order valence-corrected chi connectivity index (χ3v) is 4.69. The quantitative estimate of drug-likeness (QED) is 0.223. The predicted octanol–water partition coefficient (Wildman–Crippen LogP) is -0.864. The van der Waals surface area contributed by atoms with E-state index in [1.807, 2.05) is 5.32 Å². The molecule has 0 aromatic carbocycles. The van der Waals surface area contributed by atoms with Gasteiger partial charge in [-0.15, -0.1) is 11.3 Å². The molecule has 0 saturated carbocycles. The first-order chi connectivity index (χ1) is 12.1. The van der Waals surface area contributed by atoms with E-state index < -0.39 is 53.2 Å². The first-order valence-electron chi connectivity index (χ1n) is 6.47. The van der Waals surface area contributed by atoms with Crippen LogP contribution in [-0.4, -0.2) is 65.2 Å². The van der Waals surface area contributed by atoms with Crippen LogP contribution in [0.4, 0.5) is 18.3 Å². The summed E-state index contributed by atoms with van der Waals surface area (Å²) < 4.78 is 68.0. The Hall–Kier alpha value is -2.46. The topological polar surface area (TPSA) is 164 Å². The van der Waals surface area contributed by atoms with Gasteiger partial charge in [0.2, 0.25) is 0 Å². The molecule has 1 aliphatic heterocycles. The van der Waals surface area contributed by atoms with Crippen LogP contribution in [0.25, 0.3) is 0 Å². The van der Waals surface area contributed by atoms with E-state index in [0.29, 0.717) is 0 Å². The molecule has 4 N–H and O–H groups in total. The van der Waals surface area contributed by atoms with Gasteiger partial charge in [0.1, 0.15) is 24.5 Å². The summed E-state index contributed by atoms with van der Waals surface area (Å²) in [4.78, 5) is 31.2. The predicted molar refractivity (Wildman–Crippen MR) is 80.2 cm³/mol. The zero-order valence-electron chi connectivity index (χ0n) is 12.4. The van der Waals surface area contributed by atoms with Crippen LogP contribution < -0.4 is 11.1 Å². The van der Waals surface area contributed by atoms with Crippen LogP contribution in [0.3, 0.4) is 0 Å². The number of anilines is 1. The maximum absolute atomic E-state index is 13.0. The number of carbonyl (C=O) groups is 2. The highest BCUT2D eigenvalue weighted by atomic mass is 32.2. The van der Waals surface area contributed by atoms with Gasteiger partial charge in [-0.2, -0.15) is 17.2 Å². The molecule has 1 aliphatic rings. The van der Waals surface area contributed by atoms with E-state index in [4.69, 9.17) is 10.3 Å². The van der Waals surface area contributed by atoms with Crippen molar-refractivity contribution in [1.82, 2.24) is 14.6 Å². The lowest BCUT2D eigenvalue weighted by Crippen LogP contribution is -2.73. The number of oxime groups is 1. The van der Waals surface area contributed by atoms with Gasteiger partial charge in [-0.1, -0.05) is 5.16 Å². The Kier molecular flexibility index (Phi) is 5.67. The number of thiazole rings is 1. The van der Waals surface area contributed by atoms with Crippen molar-refractivity contribution in [2.45, 2.75) is 18.7 Å². The van der Waals surface area contributed by atoms with Crippen molar-refractivity contribution in [3.8, 4) is 0 Å². The number of rotatable bonds is 7. The number of hydrogen-bond donors (Lipinski definition) is 3. The summed E-state index contributed by atoms with van der Waals surface area (Å²) in [6.07, 6.45) is 0. The van der Waals surface area contributed by atoms with E-state index >= 15 is 0 Å². The molecule has 1 aromatic heterocycles. The van der Waals surface area contributed by atoms with Gasteiger partial charge in [-0.25, -0.2) is 13.7 Å². The number of nitrogen functional groups attached to an aromatic ring is 1. The van der Waals surface area contributed by atoms with E-state index in [1.165, 1.54) is 5.38 Å². The maximum Gasteiger partial charge on any atom is 0.407 e. The first-order valence-corrected chi connectivity index (χ1v) is 8.74. The van der Waals surface area contributed by atoms with E-state index in [-0.39, 0.29) is 15.1 Å². The normalized spacial score (nSPS) is 20.9. The van der Waals surface area contributed by atoms with Crippen LogP contribution in [0.1, 0.15) is 5.69 Å². The summed E-state index contributed by atoms with van der Waals surface area (Å²) in [7, 11) is -5.02. The van der Waals surface area contributed by atoms with Crippen molar-refractivity contribution in [1.29, 1.82) is 0 Å². The Balaban J connectivity index is 2.22. The van der Waals surface area contributed by atoms with Gasteiger partial charge in [0, 0.05) is 5.38 Å². The Morgan fingerprint density at radius 2 is 2.23 bits per heavy atom. The van der Waals surface area contributed by atoms with Gasteiger partial charge in [-0.05, 0) is 0 Å². The standard InChI is InChI=1S/C10H10F3N5O6S2/c11-1-4-6(8(20)18(4)26(21,22)23)16-7(19)5(17-24-9(12)13)3-2-25-10(14)15-3/h2,4,6,9H,1H2,(H2,14,15)(H,16,19)(H,21,22,23)/b17-5+. The van der Waals surface area contributed by atoms with Crippen LogP contribution >= 0.6 is 11.3 Å². The molecule has 0 aliphatic carbocycles. The Labute approximate surface area is 147 Å². The molecular formula is C10H10F3N5O6S2. The van der Waals surface area contributed by atoms with E-state index in [9.17, 15) is 31.2 Å². The second kappa shape index (κ2) is 7.42. The Morgan fingerprint density at radius 1 is 1.58 bits per heavy atom. The van der Waals surface area contributed by atoms with E-state index in [2.05, 4.69) is 15.0 Å². The molecule has 1 fully saturated rings. The smallest absolute Gasteiger partial charge is 0.375 e. The highest BCUT2D eigenvalue weighted by Crippen LogP contribution is 2.24. The molecule has 2 heterocycles. The fourth-order valence-corrected chi connectivity index (χ4v) is 3.42. The molecule has 0 bridgehead atoms. The summed E-state index contributed by atoms with van der Waals surface area (Å²) in [5.74, 6) is -2.60. The Bertz CT molecular complexity index is 844. The summed E-state index contributed by atoms with van der Waals surface area (Å²) in [5.41, 5.74) is 4.31. The third-order valence-electron chi connectivity index (χ3n) is 3.07. The van der Waals surface area contributed by atoms with Crippen molar-refractivity contribution < 1.29 is 40.6 Å². The number of hydrogen-bond acceptors (Lipinski definition) is 9. The molecule has 26 heavy (non-hydrogen) atoms. The van der Waals surface area contributed by atoms with Crippen molar-refractivity contribution in [2.75, 3.05) is 12.4 Å². The van der Waals surface area contributed by atoms with Crippen LogP contribution in [-0.2, 0) is 24.7 Å². The van der Waals surface area contributed by atoms with Crippen molar-refractivity contribution >= 4 is 44.3 Å². The van der Waals surface area contributed by atoms with E-state index in [0.717, 1.165) is 11.3 Å². The highest BCUT2D eigenvalue weighted by molar-refractivity contribution is 7.84. The SMILES string of the molecule is Nc1nc(/C(=N\OC(F)F)C(=O)NC2C(=O)N(S(=O)(=O)O)C2CF)cs1. The van der Waals surface area contributed by atoms with Crippen LogP contribution in [0, 0.1) is 0 Å². The molecule has 1 aromatic rings. The molecule has 2 atom stereocenters. The molecule has 0 spiro atoms. The molecule has 144 valence electrons. The Morgan fingerprint density at radius 3 is 2.69 bits per heavy atom. The zero-order valence-corrected chi connectivity index (χ0v) is 14.0. The highest BCUT2D eigenvalue weighted by Gasteiger charge is 2.54. The minimum atomic E-state index is -5.02. The number of β-lactam (4-membered cyclic amide) rings is 1. The van der Waals surface area contributed by atoms with Gasteiger partial charge < -0.3 is 15.9 Å². The van der Waals surface area contributed by atoms with Crippen molar-refractivity contribution in [3.63, 3.8) is 0 Å². The summed E-state index contributed by atoms with van der Waals surface area (Å²) in [6, 6.07) is -3.39. The van der Waals surface area contributed by atoms with Gasteiger partial charge in [0.15, 0.2) is 10.8 Å². The lowest BCUT2D eigenvalue weighted by molar-refractivity contribution is -0.145. The van der Waals surface area contributed by atoms with Gasteiger partial charge in [-0.3, -0.25) is 14.1 Å². The summed E-state index contributed by atoms with van der Waals surface area (Å²) >= 11 is 0.848. The summed E-state index contributed by atoms with van der Waals surface area (Å²) in [5, 5.41) is 5.99. The first kappa shape index (κ1) is 19.9. The number of carbonyl (C=O) groups excluding carboxylic acids is 2. The monoisotopic (exact) mass is 417 g/mol. The molecule has 16 heteroatoms.